The molecule has 0 aromatic heterocycles. The van der Waals surface area contributed by atoms with Crippen molar-refractivity contribution in [2.45, 2.75) is 0 Å². The van der Waals surface area contributed by atoms with Crippen LogP contribution in [0.1, 0.15) is 15.9 Å². The Morgan fingerprint density at radius 2 is 1.41 bits per heavy atom. The van der Waals surface area contributed by atoms with Crippen LogP contribution in [0.2, 0.25) is 0 Å². The summed E-state index contributed by atoms with van der Waals surface area (Å²) in [6.07, 6.45) is 0. The number of ether oxygens (including phenoxy) is 1. The van der Waals surface area contributed by atoms with Gasteiger partial charge in [0.1, 0.15) is 5.70 Å². The van der Waals surface area contributed by atoms with Crippen molar-refractivity contribution in [1.82, 2.24) is 5.32 Å². The highest BCUT2D eigenvalue weighted by Gasteiger charge is 2.19. The number of halogens is 1. The lowest BCUT2D eigenvalue weighted by Crippen LogP contribution is -2.28. The maximum Gasteiger partial charge on any atom is 0.355 e. The second-order valence-electron chi connectivity index (χ2n) is 4.37. The van der Waals surface area contributed by atoms with Gasteiger partial charge in [0.2, 0.25) is 0 Å². The molecule has 0 aliphatic heterocycles. The number of esters is 1. The molecule has 1 amide bonds. The van der Waals surface area contributed by atoms with E-state index in [0.29, 0.717) is 9.14 Å². The van der Waals surface area contributed by atoms with E-state index >= 15 is 0 Å². The van der Waals surface area contributed by atoms with Gasteiger partial charge in [-0.3, -0.25) is 4.79 Å². The van der Waals surface area contributed by atoms with Gasteiger partial charge in [0, 0.05) is 5.56 Å². The van der Waals surface area contributed by atoms with Crippen LogP contribution in [0.15, 0.2) is 66.4 Å². The lowest BCUT2D eigenvalue weighted by Gasteiger charge is -2.11. The second kappa shape index (κ2) is 7.74. The molecule has 0 unspecified atom stereocenters. The Morgan fingerprint density at radius 3 is 1.91 bits per heavy atom. The molecule has 2 aromatic rings. The number of hydrogen-bond donors (Lipinski definition) is 1. The van der Waals surface area contributed by atoms with Crippen LogP contribution in [0.4, 0.5) is 0 Å². The van der Waals surface area contributed by atoms with E-state index in [0.717, 1.165) is 5.56 Å². The molecule has 0 spiro atoms. The van der Waals surface area contributed by atoms with E-state index in [2.05, 4.69) is 5.32 Å². The minimum atomic E-state index is -0.586. The summed E-state index contributed by atoms with van der Waals surface area (Å²) in [4.78, 5) is 24.2. The molecule has 2 rings (SSSR count). The fourth-order valence-electron chi connectivity index (χ4n) is 1.80. The van der Waals surface area contributed by atoms with E-state index < -0.39 is 5.97 Å². The fraction of sp³-hybridized carbons (Fsp3) is 0.0588. The van der Waals surface area contributed by atoms with Crippen LogP contribution in [-0.2, 0) is 9.53 Å². The summed E-state index contributed by atoms with van der Waals surface area (Å²) in [5.41, 5.74) is 1.43. The second-order valence-corrected chi connectivity index (χ2v) is 5.45. The molecule has 0 aliphatic rings. The van der Waals surface area contributed by atoms with Crippen molar-refractivity contribution >= 4 is 38.0 Å². The first-order valence-electron chi connectivity index (χ1n) is 6.53. The third-order valence-electron chi connectivity index (χ3n) is 2.91. The molecule has 0 heterocycles. The first kappa shape index (κ1) is 16.2. The zero-order chi connectivity index (χ0) is 15.9. The van der Waals surface area contributed by atoms with Crippen LogP contribution in [0.3, 0.4) is 0 Å². The Kier molecular flexibility index (Phi) is 5.71. The van der Waals surface area contributed by atoms with Crippen LogP contribution < -0.4 is 5.32 Å². The lowest BCUT2D eigenvalue weighted by atomic mass is 10.1. The van der Waals surface area contributed by atoms with E-state index in [9.17, 15) is 9.59 Å². The quantitative estimate of drug-likeness (QED) is 0.480. The molecule has 0 saturated carbocycles. The van der Waals surface area contributed by atoms with Gasteiger partial charge in [-0.05, 0) is 40.3 Å². The van der Waals surface area contributed by atoms with Gasteiger partial charge < -0.3 is 10.1 Å². The molecule has 0 bridgehead atoms. The highest BCUT2D eigenvalue weighted by Crippen LogP contribution is 2.25. The molecule has 0 radical (unpaired) electrons. The number of carbonyl (C=O) groups is 2. The third-order valence-corrected chi connectivity index (χ3v) is 4.07. The first-order chi connectivity index (χ1) is 10.6. The number of hydrogen-bond acceptors (Lipinski definition) is 3. The zero-order valence-corrected chi connectivity index (χ0v) is 14.0. The molecule has 1 N–H and O–H groups in total. The number of methoxy groups -OCH3 is 1. The van der Waals surface area contributed by atoms with Gasteiger partial charge in [-0.2, -0.15) is 0 Å². The average molecular weight is 407 g/mol. The predicted octanol–water partition coefficient (Wildman–Crippen LogP) is 3.39. The van der Waals surface area contributed by atoms with Crippen molar-refractivity contribution in [1.29, 1.82) is 0 Å². The molecule has 5 heteroatoms. The minimum absolute atomic E-state index is 0.128. The molecule has 112 valence electrons. The van der Waals surface area contributed by atoms with Gasteiger partial charge in [-0.1, -0.05) is 48.5 Å². The van der Waals surface area contributed by atoms with E-state index in [4.69, 9.17) is 4.74 Å². The van der Waals surface area contributed by atoms with E-state index in [-0.39, 0.29) is 11.6 Å². The summed E-state index contributed by atoms with van der Waals surface area (Å²) in [5, 5.41) is 2.64. The van der Waals surface area contributed by atoms with Crippen molar-refractivity contribution in [2.75, 3.05) is 7.11 Å². The summed E-state index contributed by atoms with van der Waals surface area (Å²) in [6.45, 7) is 0. The van der Waals surface area contributed by atoms with Gasteiger partial charge in [0.15, 0.2) is 0 Å². The third kappa shape index (κ3) is 3.94. The molecule has 0 atom stereocenters. The highest BCUT2D eigenvalue weighted by molar-refractivity contribution is 14.1. The minimum Gasteiger partial charge on any atom is -0.464 e. The van der Waals surface area contributed by atoms with Gasteiger partial charge in [-0.25, -0.2) is 4.79 Å². The van der Waals surface area contributed by atoms with Crippen molar-refractivity contribution in [2.24, 2.45) is 0 Å². The Morgan fingerprint density at radius 1 is 0.909 bits per heavy atom. The zero-order valence-electron chi connectivity index (χ0n) is 11.9. The van der Waals surface area contributed by atoms with Crippen molar-refractivity contribution in [3.05, 3.63) is 77.5 Å². The van der Waals surface area contributed by atoms with Gasteiger partial charge >= 0.3 is 5.97 Å². The Labute approximate surface area is 142 Å². The maximum atomic E-state index is 12.3. The molecule has 0 saturated heterocycles. The fourth-order valence-corrected chi connectivity index (χ4v) is 2.52. The topological polar surface area (TPSA) is 55.4 Å². The summed E-state index contributed by atoms with van der Waals surface area (Å²) in [5.74, 6) is -0.941. The summed E-state index contributed by atoms with van der Waals surface area (Å²) in [6, 6.07) is 18.0. The number of nitrogens with one attached hydrogen (secondary N) is 1. The van der Waals surface area contributed by atoms with Crippen LogP contribution >= 0.6 is 22.6 Å². The first-order valence-corrected chi connectivity index (χ1v) is 7.61. The molecule has 0 aliphatic carbocycles. The molecule has 4 nitrogen and oxygen atoms in total. The summed E-state index contributed by atoms with van der Waals surface area (Å²) in [7, 11) is 1.28. The number of benzene rings is 2. The Balaban J connectivity index is 2.35. The standard InChI is InChI=1S/C17H14INO3/c1-22-17(21)15(14(18)12-8-4-2-5-9-12)19-16(20)13-10-6-3-7-11-13/h2-11H,1H3,(H,19,20)/b15-14-. The van der Waals surface area contributed by atoms with Crippen molar-refractivity contribution in [3.63, 3.8) is 0 Å². The molecule has 22 heavy (non-hydrogen) atoms. The lowest BCUT2D eigenvalue weighted by molar-refractivity contribution is -0.136. The number of rotatable bonds is 4. The van der Waals surface area contributed by atoms with Crippen molar-refractivity contribution < 1.29 is 14.3 Å². The number of carbonyl (C=O) groups excluding carboxylic acids is 2. The molecular weight excluding hydrogens is 393 g/mol. The van der Waals surface area contributed by atoms with E-state index in [1.54, 1.807) is 24.3 Å². The predicted molar refractivity (Wildman–Crippen MR) is 93.3 cm³/mol. The van der Waals surface area contributed by atoms with Gasteiger partial charge in [0.25, 0.3) is 5.91 Å². The normalized spacial score (nSPS) is 11.4. The maximum absolute atomic E-state index is 12.3. The summed E-state index contributed by atoms with van der Waals surface area (Å²) < 4.78 is 5.40. The van der Waals surface area contributed by atoms with Crippen LogP contribution in [-0.4, -0.2) is 19.0 Å². The average Bonchev–Trinajstić information content (AvgIpc) is 2.59. The Hall–Kier alpha value is -2.15. The molecular formula is C17H14INO3. The van der Waals surface area contributed by atoms with E-state index in [1.165, 1.54) is 7.11 Å². The van der Waals surface area contributed by atoms with Crippen LogP contribution in [0.5, 0.6) is 0 Å². The van der Waals surface area contributed by atoms with Gasteiger partial charge in [-0.15, -0.1) is 0 Å². The number of amides is 1. The van der Waals surface area contributed by atoms with E-state index in [1.807, 2.05) is 59.0 Å². The monoisotopic (exact) mass is 407 g/mol. The SMILES string of the molecule is COC(=O)/C(NC(=O)c1ccccc1)=C(/I)c1ccccc1. The molecule has 2 aromatic carbocycles. The van der Waals surface area contributed by atoms with Crippen LogP contribution in [0.25, 0.3) is 3.58 Å². The smallest absolute Gasteiger partial charge is 0.355 e. The van der Waals surface area contributed by atoms with Crippen molar-refractivity contribution in [3.8, 4) is 0 Å². The highest BCUT2D eigenvalue weighted by atomic mass is 127. The molecule has 0 fully saturated rings. The van der Waals surface area contributed by atoms with Crippen LogP contribution in [0, 0.1) is 0 Å². The van der Waals surface area contributed by atoms with Gasteiger partial charge in [0.05, 0.1) is 10.7 Å². The largest absolute Gasteiger partial charge is 0.464 e. The Bertz CT molecular complexity index is 696. The summed E-state index contributed by atoms with van der Waals surface area (Å²) >= 11 is 2.02.